The lowest BCUT2D eigenvalue weighted by molar-refractivity contribution is -0.137. The van der Waals surface area contributed by atoms with E-state index in [2.05, 4.69) is 15.5 Å². The molecular formula is C16H19F3N4OS. The third-order valence-corrected chi connectivity index (χ3v) is 4.02. The maximum atomic E-state index is 12.8. The molecule has 1 unspecified atom stereocenters. The predicted molar refractivity (Wildman–Crippen MR) is 89.4 cm³/mol. The highest BCUT2D eigenvalue weighted by molar-refractivity contribution is 7.71. The number of rotatable bonds is 6. The molecule has 0 aliphatic carbocycles. The molecule has 0 aliphatic rings. The average molecular weight is 372 g/mol. The van der Waals surface area contributed by atoms with E-state index < -0.39 is 17.8 Å². The van der Waals surface area contributed by atoms with Gasteiger partial charge in [0.2, 0.25) is 5.91 Å². The van der Waals surface area contributed by atoms with Crippen LogP contribution in [0.3, 0.4) is 0 Å². The van der Waals surface area contributed by atoms with Crippen molar-refractivity contribution in [2.45, 2.75) is 45.5 Å². The van der Waals surface area contributed by atoms with Crippen molar-refractivity contribution >= 4 is 18.1 Å². The molecule has 0 bridgehead atoms. The molecule has 5 nitrogen and oxygen atoms in total. The molecule has 0 aliphatic heterocycles. The molecule has 25 heavy (non-hydrogen) atoms. The Bertz CT molecular complexity index is 797. The summed E-state index contributed by atoms with van der Waals surface area (Å²) in [6, 6.07) is 4.35. The fourth-order valence-electron chi connectivity index (χ4n) is 2.43. The third-order valence-electron chi connectivity index (χ3n) is 3.70. The second-order valence-corrected chi connectivity index (χ2v) is 6.08. The monoisotopic (exact) mass is 372 g/mol. The molecule has 1 aromatic carbocycles. The van der Waals surface area contributed by atoms with Gasteiger partial charge in [-0.05, 0) is 43.3 Å². The first-order valence-corrected chi connectivity index (χ1v) is 8.23. The van der Waals surface area contributed by atoms with Crippen LogP contribution < -0.4 is 5.32 Å². The number of nitrogens with zero attached hydrogens (tertiary/aromatic N) is 2. The minimum atomic E-state index is -4.42. The highest BCUT2D eigenvalue weighted by Crippen LogP contribution is 2.30. The maximum absolute atomic E-state index is 12.8. The zero-order valence-corrected chi connectivity index (χ0v) is 14.7. The summed E-state index contributed by atoms with van der Waals surface area (Å²) in [5.41, 5.74) is -0.360. The van der Waals surface area contributed by atoms with Crippen molar-refractivity contribution in [2.24, 2.45) is 0 Å². The van der Waals surface area contributed by atoms with Crippen LogP contribution in [0.1, 0.15) is 43.3 Å². The number of carbonyl (C=O) groups is 1. The summed E-state index contributed by atoms with van der Waals surface area (Å²) in [6.07, 6.45) is -2.90. The number of carbonyl (C=O) groups excluding carboxylic acids is 1. The van der Waals surface area contributed by atoms with E-state index in [-0.39, 0.29) is 12.5 Å². The molecule has 1 amide bonds. The lowest BCUT2D eigenvalue weighted by atomic mass is 10.0. The van der Waals surface area contributed by atoms with E-state index in [1.54, 1.807) is 17.6 Å². The molecule has 2 aromatic rings. The largest absolute Gasteiger partial charge is 0.416 e. The second kappa shape index (κ2) is 7.81. The summed E-state index contributed by atoms with van der Waals surface area (Å²) < 4.78 is 40.3. The molecule has 1 atom stereocenters. The van der Waals surface area contributed by atoms with Crippen molar-refractivity contribution in [3.8, 4) is 0 Å². The van der Waals surface area contributed by atoms with Gasteiger partial charge < -0.3 is 5.32 Å². The van der Waals surface area contributed by atoms with Crippen LogP contribution in [0.15, 0.2) is 24.3 Å². The second-order valence-electron chi connectivity index (χ2n) is 5.69. The van der Waals surface area contributed by atoms with Crippen LogP contribution in [0.5, 0.6) is 0 Å². The quantitative estimate of drug-likeness (QED) is 0.759. The summed E-state index contributed by atoms with van der Waals surface area (Å²) in [6.45, 7) is 3.58. The molecule has 0 spiro atoms. The normalized spacial score (nSPS) is 12.8. The van der Waals surface area contributed by atoms with Gasteiger partial charge in [0.1, 0.15) is 12.4 Å². The average Bonchev–Trinajstić information content (AvgIpc) is 2.87. The summed E-state index contributed by atoms with van der Waals surface area (Å²) >= 11 is 5.11. The van der Waals surface area contributed by atoms with Gasteiger partial charge in [-0.25, -0.2) is 0 Å². The van der Waals surface area contributed by atoms with Gasteiger partial charge in [0, 0.05) is 6.42 Å². The zero-order valence-electron chi connectivity index (χ0n) is 13.9. The summed E-state index contributed by atoms with van der Waals surface area (Å²) in [5.74, 6) is 0.328. The van der Waals surface area contributed by atoms with Crippen molar-refractivity contribution in [2.75, 3.05) is 0 Å². The number of halogens is 3. The van der Waals surface area contributed by atoms with Crippen LogP contribution in [0, 0.1) is 4.77 Å². The zero-order chi connectivity index (χ0) is 18.6. The van der Waals surface area contributed by atoms with Gasteiger partial charge in [-0.15, -0.1) is 0 Å². The van der Waals surface area contributed by atoms with Crippen LogP contribution in [0.4, 0.5) is 13.2 Å². The first-order chi connectivity index (χ1) is 11.7. The number of hydrogen-bond donors (Lipinski definition) is 2. The van der Waals surface area contributed by atoms with Crippen molar-refractivity contribution in [3.63, 3.8) is 0 Å². The Hall–Kier alpha value is -2.16. The molecule has 0 saturated heterocycles. The topological polar surface area (TPSA) is 62.7 Å². The summed E-state index contributed by atoms with van der Waals surface area (Å²) in [4.78, 5) is 12.2. The number of alkyl halides is 3. The molecular weight excluding hydrogens is 353 g/mol. The standard InChI is InChI=1S/C16H19F3N4OS/c1-3-5-13-21-22-15(25)23(13)9-14(24)20-10(2)11-6-4-7-12(8-11)16(17,18)19/h4,6-8,10H,3,5,9H2,1-2H3,(H,20,24)(H,22,25). The van der Waals surface area contributed by atoms with Crippen LogP contribution in [0.2, 0.25) is 0 Å². The Morgan fingerprint density at radius 1 is 1.44 bits per heavy atom. The molecule has 1 heterocycles. The van der Waals surface area contributed by atoms with E-state index in [0.29, 0.717) is 22.6 Å². The van der Waals surface area contributed by atoms with Gasteiger partial charge in [0.15, 0.2) is 4.77 Å². The number of amides is 1. The van der Waals surface area contributed by atoms with E-state index in [1.807, 2.05) is 6.92 Å². The minimum absolute atomic E-state index is 0.0338. The highest BCUT2D eigenvalue weighted by Gasteiger charge is 2.30. The van der Waals surface area contributed by atoms with Crippen molar-refractivity contribution in [1.29, 1.82) is 0 Å². The van der Waals surface area contributed by atoms with Crippen LogP contribution in [-0.2, 0) is 23.9 Å². The van der Waals surface area contributed by atoms with Crippen molar-refractivity contribution in [1.82, 2.24) is 20.1 Å². The Kier molecular flexibility index (Phi) is 5.99. The van der Waals surface area contributed by atoms with E-state index in [0.717, 1.165) is 18.6 Å². The fraction of sp³-hybridized carbons (Fsp3) is 0.438. The van der Waals surface area contributed by atoms with Crippen molar-refractivity contribution in [3.05, 3.63) is 46.0 Å². The van der Waals surface area contributed by atoms with Crippen LogP contribution in [-0.4, -0.2) is 20.7 Å². The Balaban J connectivity index is 2.08. The molecule has 0 radical (unpaired) electrons. The first-order valence-electron chi connectivity index (χ1n) is 7.83. The Morgan fingerprint density at radius 3 is 2.80 bits per heavy atom. The first kappa shape index (κ1) is 19.2. The maximum Gasteiger partial charge on any atom is 0.416 e. The lowest BCUT2D eigenvalue weighted by Gasteiger charge is -2.16. The van der Waals surface area contributed by atoms with Crippen LogP contribution >= 0.6 is 12.2 Å². The number of H-pyrrole nitrogens is 1. The van der Waals surface area contributed by atoms with E-state index >= 15 is 0 Å². The van der Waals surface area contributed by atoms with Crippen molar-refractivity contribution < 1.29 is 18.0 Å². The van der Waals surface area contributed by atoms with E-state index in [1.165, 1.54) is 6.07 Å². The minimum Gasteiger partial charge on any atom is -0.348 e. The molecule has 2 N–H and O–H groups in total. The number of benzene rings is 1. The van der Waals surface area contributed by atoms with Gasteiger partial charge in [-0.2, -0.15) is 18.3 Å². The Morgan fingerprint density at radius 2 is 2.16 bits per heavy atom. The van der Waals surface area contributed by atoms with Crippen LogP contribution in [0.25, 0.3) is 0 Å². The lowest BCUT2D eigenvalue weighted by Crippen LogP contribution is -2.30. The number of hydrogen-bond acceptors (Lipinski definition) is 3. The molecule has 136 valence electrons. The SMILES string of the molecule is CCCc1n[nH]c(=S)n1CC(=O)NC(C)c1cccc(C(F)(F)F)c1. The molecule has 0 saturated carbocycles. The van der Waals surface area contributed by atoms with Gasteiger partial charge in [0.25, 0.3) is 0 Å². The molecule has 2 rings (SSSR count). The smallest absolute Gasteiger partial charge is 0.348 e. The van der Waals surface area contributed by atoms with E-state index in [4.69, 9.17) is 12.2 Å². The number of aromatic nitrogens is 3. The highest BCUT2D eigenvalue weighted by atomic mass is 32.1. The molecule has 0 fully saturated rings. The molecule has 1 aromatic heterocycles. The molecule has 9 heteroatoms. The van der Waals surface area contributed by atoms with Gasteiger partial charge in [-0.3, -0.25) is 14.5 Å². The fourth-order valence-corrected chi connectivity index (χ4v) is 2.64. The van der Waals surface area contributed by atoms with Gasteiger partial charge in [0.05, 0.1) is 11.6 Å². The predicted octanol–water partition coefficient (Wildman–Crippen LogP) is 3.79. The number of nitrogens with one attached hydrogen (secondary N) is 2. The third kappa shape index (κ3) is 4.91. The van der Waals surface area contributed by atoms with E-state index in [9.17, 15) is 18.0 Å². The number of aromatic amines is 1. The Labute approximate surface area is 148 Å². The summed E-state index contributed by atoms with van der Waals surface area (Å²) in [7, 11) is 0. The summed E-state index contributed by atoms with van der Waals surface area (Å²) in [5, 5.41) is 9.42. The van der Waals surface area contributed by atoms with Gasteiger partial charge in [-0.1, -0.05) is 19.1 Å². The number of aryl methyl sites for hydroxylation is 1. The van der Waals surface area contributed by atoms with Gasteiger partial charge >= 0.3 is 6.18 Å².